The van der Waals surface area contributed by atoms with Gasteiger partial charge in [0.25, 0.3) is 17.5 Å². The number of nitrogens with one attached hydrogen (secondary N) is 3. The van der Waals surface area contributed by atoms with Crippen LogP contribution in [0.1, 0.15) is 33.7 Å². The molecule has 5 aromatic rings. The molecule has 3 amide bonds. The van der Waals surface area contributed by atoms with Gasteiger partial charge >= 0.3 is 0 Å². The average molecular weight is 673 g/mol. The first-order valence-electron chi connectivity index (χ1n) is 15.3. The summed E-state index contributed by atoms with van der Waals surface area (Å²) in [6.45, 7) is 2.41. The largest absolute Gasteiger partial charge is 0.494 e. The summed E-state index contributed by atoms with van der Waals surface area (Å²) in [5, 5.41) is 18.8. The Morgan fingerprint density at radius 2 is 1.47 bits per heavy atom. The highest BCUT2D eigenvalue weighted by Gasteiger charge is 2.23. The molecular formula is C38H32N4O6S. The lowest BCUT2D eigenvalue weighted by Crippen LogP contribution is -2.30. The smallest absolute Gasteiger partial charge is 0.272 e. The lowest BCUT2D eigenvalue weighted by atomic mass is 10.1. The van der Waals surface area contributed by atoms with Gasteiger partial charge in [-0.2, -0.15) is 0 Å². The Morgan fingerprint density at radius 1 is 0.796 bits per heavy atom. The number of rotatable bonds is 13. The van der Waals surface area contributed by atoms with E-state index in [1.807, 2.05) is 43.3 Å². The van der Waals surface area contributed by atoms with Gasteiger partial charge in [-0.3, -0.25) is 24.5 Å². The van der Waals surface area contributed by atoms with Crippen molar-refractivity contribution in [1.29, 1.82) is 0 Å². The first-order chi connectivity index (χ1) is 23.8. The number of benzene rings is 5. The summed E-state index contributed by atoms with van der Waals surface area (Å²) in [6, 6.07) is 37.6. The predicted molar refractivity (Wildman–Crippen MR) is 191 cm³/mol. The Balaban J connectivity index is 1.36. The van der Waals surface area contributed by atoms with Crippen molar-refractivity contribution >= 4 is 52.6 Å². The monoisotopic (exact) mass is 672 g/mol. The molecule has 1 unspecified atom stereocenters. The lowest BCUT2D eigenvalue weighted by molar-refractivity contribution is -0.384. The number of nitrogens with zero attached hydrogens (tertiary/aromatic N) is 1. The molecule has 10 nitrogen and oxygen atoms in total. The molecule has 0 bridgehead atoms. The second-order valence-electron chi connectivity index (χ2n) is 10.6. The van der Waals surface area contributed by atoms with Gasteiger partial charge in [-0.15, -0.1) is 11.8 Å². The van der Waals surface area contributed by atoms with E-state index in [2.05, 4.69) is 16.0 Å². The maximum Gasteiger partial charge on any atom is 0.272 e. The van der Waals surface area contributed by atoms with E-state index in [0.29, 0.717) is 39.8 Å². The minimum Gasteiger partial charge on any atom is -0.494 e. The highest BCUT2D eigenvalue weighted by molar-refractivity contribution is 8.00. The number of amides is 3. The molecule has 11 heteroatoms. The van der Waals surface area contributed by atoms with E-state index in [-0.39, 0.29) is 17.3 Å². The Bertz CT molecular complexity index is 1950. The van der Waals surface area contributed by atoms with Crippen LogP contribution in [-0.2, 0) is 9.59 Å². The van der Waals surface area contributed by atoms with Crippen LogP contribution in [0.3, 0.4) is 0 Å². The Labute approximate surface area is 287 Å². The zero-order valence-electron chi connectivity index (χ0n) is 26.4. The van der Waals surface area contributed by atoms with Crippen LogP contribution in [0.4, 0.5) is 17.1 Å². The van der Waals surface area contributed by atoms with Gasteiger partial charge in [-0.1, -0.05) is 66.7 Å². The molecule has 1 atom stereocenters. The van der Waals surface area contributed by atoms with E-state index < -0.39 is 22.0 Å². The molecule has 0 heterocycles. The van der Waals surface area contributed by atoms with Gasteiger partial charge in [0.1, 0.15) is 16.7 Å². The normalized spacial score (nSPS) is 11.6. The fraction of sp³-hybridized carbons (Fsp3) is 0.0789. The SMILES string of the molecule is CCOc1ccc(/C=C(/NC(=O)c2ccccc2)C(=O)Nc2cccc(SC(C(=O)Nc3ccc([N+](=O)[O-])cc3)c3ccccc3)c2)cc1. The highest BCUT2D eigenvalue weighted by Crippen LogP contribution is 2.37. The number of nitro benzene ring substituents is 1. The molecule has 0 aliphatic heterocycles. The standard InChI is InChI=1S/C38H32N4O6S/c1-2-48-32-22-16-26(17-23-32)24-34(41-36(43)28-12-7-4-8-13-28)37(44)40-30-14-9-15-33(25-30)49-35(27-10-5-3-6-11-27)38(45)39-29-18-20-31(21-19-29)42(46)47/h3-25,35H,2H2,1H3,(H,39,45)(H,40,44)(H,41,43)/b34-24+. The first-order valence-corrected chi connectivity index (χ1v) is 16.2. The van der Waals surface area contributed by atoms with Crippen molar-refractivity contribution in [2.24, 2.45) is 0 Å². The molecule has 5 aromatic carbocycles. The fourth-order valence-electron chi connectivity index (χ4n) is 4.69. The third-order valence-corrected chi connectivity index (χ3v) is 8.31. The first kappa shape index (κ1) is 34.1. The van der Waals surface area contributed by atoms with Crippen LogP contribution < -0.4 is 20.7 Å². The molecule has 0 saturated carbocycles. The summed E-state index contributed by atoms with van der Waals surface area (Å²) in [5.74, 6) is -0.634. The fourth-order valence-corrected chi connectivity index (χ4v) is 5.78. The molecule has 0 spiro atoms. The van der Waals surface area contributed by atoms with Crippen LogP contribution in [0.15, 0.2) is 144 Å². The summed E-state index contributed by atoms with van der Waals surface area (Å²) in [7, 11) is 0. The van der Waals surface area contributed by atoms with Crippen molar-refractivity contribution in [3.63, 3.8) is 0 Å². The molecule has 0 radical (unpaired) electrons. The van der Waals surface area contributed by atoms with Crippen LogP contribution in [0.2, 0.25) is 0 Å². The van der Waals surface area contributed by atoms with E-state index in [4.69, 9.17) is 4.74 Å². The second-order valence-corrected chi connectivity index (χ2v) is 11.7. The second kappa shape index (κ2) is 16.6. The minimum absolute atomic E-state index is 0.0284. The summed E-state index contributed by atoms with van der Waals surface area (Å²) in [4.78, 5) is 51.5. The van der Waals surface area contributed by atoms with Crippen molar-refractivity contribution in [3.05, 3.63) is 166 Å². The van der Waals surface area contributed by atoms with Crippen LogP contribution in [-0.4, -0.2) is 29.3 Å². The van der Waals surface area contributed by atoms with Crippen LogP contribution in [0.5, 0.6) is 5.75 Å². The van der Waals surface area contributed by atoms with E-state index in [0.717, 1.165) is 5.56 Å². The van der Waals surface area contributed by atoms with E-state index >= 15 is 0 Å². The van der Waals surface area contributed by atoms with Crippen molar-refractivity contribution in [3.8, 4) is 5.75 Å². The van der Waals surface area contributed by atoms with E-state index in [9.17, 15) is 24.5 Å². The Morgan fingerprint density at radius 3 is 2.12 bits per heavy atom. The zero-order chi connectivity index (χ0) is 34.6. The summed E-state index contributed by atoms with van der Waals surface area (Å²) in [6.07, 6.45) is 1.58. The number of hydrogen-bond acceptors (Lipinski definition) is 7. The molecule has 0 aliphatic carbocycles. The zero-order valence-corrected chi connectivity index (χ0v) is 27.2. The number of thioether (sulfide) groups is 1. The molecule has 0 aromatic heterocycles. The van der Waals surface area contributed by atoms with E-state index in [1.165, 1.54) is 36.0 Å². The number of carbonyl (C=O) groups excluding carboxylic acids is 3. The van der Waals surface area contributed by atoms with Crippen molar-refractivity contribution < 1.29 is 24.0 Å². The van der Waals surface area contributed by atoms with Gasteiger partial charge in [0, 0.05) is 34.0 Å². The maximum atomic E-state index is 13.7. The highest BCUT2D eigenvalue weighted by atomic mass is 32.2. The number of ether oxygens (including phenoxy) is 1. The van der Waals surface area contributed by atoms with Gasteiger partial charge in [-0.25, -0.2) is 0 Å². The van der Waals surface area contributed by atoms with Crippen molar-refractivity contribution in [2.75, 3.05) is 17.2 Å². The predicted octanol–water partition coefficient (Wildman–Crippen LogP) is 7.88. The number of nitro groups is 1. The lowest BCUT2D eigenvalue weighted by Gasteiger charge is -2.18. The number of carbonyl (C=O) groups is 3. The summed E-state index contributed by atoms with van der Waals surface area (Å²) < 4.78 is 5.52. The number of hydrogen-bond donors (Lipinski definition) is 3. The maximum absolute atomic E-state index is 13.7. The molecule has 49 heavy (non-hydrogen) atoms. The molecule has 0 aliphatic rings. The summed E-state index contributed by atoms with van der Waals surface area (Å²) in [5.41, 5.74) is 2.63. The average Bonchev–Trinajstić information content (AvgIpc) is 3.12. The third-order valence-electron chi connectivity index (χ3n) is 7.06. The topological polar surface area (TPSA) is 140 Å². The molecule has 246 valence electrons. The van der Waals surface area contributed by atoms with Gasteiger partial charge in [-0.05, 0) is 78.7 Å². The molecule has 0 saturated heterocycles. The quantitative estimate of drug-likeness (QED) is 0.0500. The van der Waals surface area contributed by atoms with Gasteiger partial charge < -0.3 is 20.7 Å². The Kier molecular flexibility index (Phi) is 11.5. The molecule has 3 N–H and O–H groups in total. The summed E-state index contributed by atoms with van der Waals surface area (Å²) >= 11 is 1.27. The van der Waals surface area contributed by atoms with Gasteiger partial charge in [0.15, 0.2) is 0 Å². The Hall–Kier alpha value is -6.20. The van der Waals surface area contributed by atoms with Gasteiger partial charge in [0.2, 0.25) is 5.91 Å². The van der Waals surface area contributed by atoms with Crippen LogP contribution >= 0.6 is 11.8 Å². The van der Waals surface area contributed by atoms with Crippen LogP contribution in [0, 0.1) is 10.1 Å². The van der Waals surface area contributed by atoms with E-state index in [1.54, 1.807) is 78.9 Å². The number of non-ortho nitro benzene ring substituents is 1. The molecule has 0 fully saturated rings. The third kappa shape index (κ3) is 9.66. The van der Waals surface area contributed by atoms with Crippen molar-refractivity contribution in [1.82, 2.24) is 5.32 Å². The minimum atomic E-state index is -0.692. The molecule has 5 rings (SSSR count). The van der Waals surface area contributed by atoms with Crippen LogP contribution in [0.25, 0.3) is 6.08 Å². The van der Waals surface area contributed by atoms with Crippen molar-refractivity contribution in [2.45, 2.75) is 17.1 Å². The van der Waals surface area contributed by atoms with Gasteiger partial charge in [0.05, 0.1) is 11.5 Å². The molecular weight excluding hydrogens is 641 g/mol. The number of anilines is 2.